The standard InChI is InChI=1S/C6H11ClO/c7-3-1-2-5-4-6(5)8/h5-6,8H,1-4H2/t5?,6-/m0/s1. The largest absolute Gasteiger partial charge is 0.393 e. The number of aliphatic hydroxyl groups excluding tert-OH is 1. The SMILES string of the molecule is O[C@H]1CC1CCCCl. The number of alkyl halides is 1. The minimum absolute atomic E-state index is 0.0122. The summed E-state index contributed by atoms with van der Waals surface area (Å²) in [5.74, 6) is 1.33. The Bertz CT molecular complexity index is 74.9. The van der Waals surface area contributed by atoms with Gasteiger partial charge in [-0.25, -0.2) is 0 Å². The Morgan fingerprint density at radius 2 is 2.25 bits per heavy atom. The molecule has 0 amide bonds. The van der Waals surface area contributed by atoms with Crippen LogP contribution in [0.5, 0.6) is 0 Å². The summed E-state index contributed by atoms with van der Waals surface area (Å²) in [4.78, 5) is 0. The Balaban J connectivity index is 1.89. The fourth-order valence-electron chi connectivity index (χ4n) is 0.881. The van der Waals surface area contributed by atoms with E-state index in [0.29, 0.717) is 5.92 Å². The maximum atomic E-state index is 8.81. The van der Waals surface area contributed by atoms with Crippen molar-refractivity contribution in [3.63, 3.8) is 0 Å². The lowest BCUT2D eigenvalue weighted by Gasteiger charge is -1.89. The summed E-state index contributed by atoms with van der Waals surface area (Å²) in [7, 11) is 0. The Morgan fingerprint density at radius 1 is 1.62 bits per heavy atom. The zero-order valence-corrected chi connectivity index (χ0v) is 5.56. The molecule has 48 valence electrons. The van der Waals surface area contributed by atoms with E-state index in [1.807, 2.05) is 0 Å². The molecule has 1 saturated carbocycles. The van der Waals surface area contributed by atoms with E-state index in [4.69, 9.17) is 16.7 Å². The van der Waals surface area contributed by atoms with Gasteiger partial charge < -0.3 is 5.11 Å². The topological polar surface area (TPSA) is 20.2 Å². The highest BCUT2D eigenvalue weighted by atomic mass is 35.5. The minimum Gasteiger partial charge on any atom is -0.393 e. The Morgan fingerprint density at radius 3 is 2.62 bits per heavy atom. The van der Waals surface area contributed by atoms with Crippen molar-refractivity contribution in [1.82, 2.24) is 0 Å². The molecule has 0 heterocycles. The van der Waals surface area contributed by atoms with Crippen molar-refractivity contribution >= 4 is 11.6 Å². The van der Waals surface area contributed by atoms with Crippen LogP contribution in [0.4, 0.5) is 0 Å². The second-order valence-electron chi connectivity index (χ2n) is 2.39. The summed E-state index contributed by atoms with van der Waals surface area (Å²) < 4.78 is 0. The van der Waals surface area contributed by atoms with E-state index in [1.165, 1.54) is 0 Å². The normalized spacial score (nSPS) is 35.2. The molecule has 0 aromatic rings. The van der Waals surface area contributed by atoms with Crippen molar-refractivity contribution in [2.75, 3.05) is 5.88 Å². The van der Waals surface area contributed by atoms with Crippen molar-refractivity contribution in [2.24, 2.45) is 5.92 Å². The first-order valence-corrected chi connectivity index (χ1v) is 3.62. The molecule has 0 radical (unpaired) electrons. The van der Waals surface area contributed by atoms with Crippen LogP contribution in [0.3, 0.4) is 0 Å². The molecular weight excluding hydrogens is 124 g/mol. The van der Waals surface area contributed by atoms with Gasteiger partial charge >= 0.3 is 0 Å². The lowest BCUT2D eigenvalue weighted by Crippen LogP contribution is -1.85. The lowest BCUT2D eigenvalue weighted by molar-refractivity contribution is 0.256. The third-order valence-corrected chi connectivity index (χ3v) is 1.86. The third kappa shape index (κ3) is 1.64. The average molecular weight is 135 g/mol. The summed E-state index contributed by atoms with van der Waals surface area (Å²) >= 11 is 5.44. The van der Waals surface area contributed by atoms with Crippen molar-refractivity contribution < 1.29 is 5.11 Å². The molecule has 0 aromatic heterocycles. The van der Waals surface area contributed by atoms with Crippen LogP contribution in [0.2, 0.25) is 0 Å². The van der Waals surface area contributed by atoms with E-state index in [0.717, 1.165) is 25.1 Å². The molecule has 1 aliphatic carbocycles. The first kappa shape index (κ1) is 6.37. The molecule has 0 spiro atoms. The van der Waals surface area contributed by atoms with Crippen molar-refractivity contribution in [3.05, 3.63) is 0 Å². The van der Waals surface area contributed by atoms with Gasteiger partial charge in [0.1, 0.15) is 0 Å². The fraction of sp³-hybridized carbons (Fsp3) is 1.00. The first-order valence-electron chi connectivity index (χ1n) is 3.08. The number of halogens is 1. The predicted molar refractivity (Wildman–Crippen MR) is 34.1 cm³/mol. The molecule has 0 bridgehead atoms. The van der Waals surface area contributed by atoms with Crippen LogP contribution in [0, 0.1) is 5.92 Å². The van der Waals surface area contributed by atoms with Gasteiger partial charge in [-0.1, -0.05) is 0 Å². The van der Waals surface area contributed by atoms with E-state index in [2.05, 4.69) is 0 Å². The number of rotatable bonds is 3. The van der Waals surface area contributed by atoms with E-state index >= 15 is 0 Å². The van der Waals surface area contributed by atoms with Gasteiger partial charge in [0.05, 0.1) is 6.10 Å². The van der Waals surface area contributed by atoms with Gasteiger partial charge in [0.25, 0.3) is 0 Å². The Kier molecular flexibility index (Phi) is 2.15. The van der Waals surface area contributed by atoms with Gasteiger partial charge in [-0.05, 0) is 25.2 Å². The molecule has 0 aliphatic heterocycles. The van der Waals surface area contributed by atoms with Crippen LogP contribution < -0.4 is 0 Å². The van der Waals surface area contributed by atoms with E-state index < -0.39 is 0 Å². The highest BCUT2D eigenvalue weighted by Crippen LogP contribution is 2.34. The smallest absolute Gasteiger partial charge is 0.0573 e. The van der Waals surface area contributed by atoms with Gasteiger partial charge in [0.2, 0.25) is 0 Å². The summed E-state index contributed by atoms with van der Waals surface area (Å²) in [5.41, 5.74) is 0. The Hall–Kier alpha value is 0.250. The van der Waals surface area contributed by atoms with Crippen LogP contribution in [0.25, 0.3) is 0 Å². The van der Waals surface area contributed by atoms with Crippen molar-refractivity contribution in [1.29, 1.82) is 0 Å². The van der Waals surface area contributed by atoms with Crippen molar-refractivity contribution in [3.8, 4) is 0 Å². The van der Waals surface area contributed by atoms with Gasteiger partial charge in [-0.15, -0.1) is 11.6 Å². The fourth-order valence-corrected chi connectivity index (χ4v) is 1.04. The highest BCUT2D eigenvalue weighted by molar-refractivity contribution is 6.17. The summed E-state index contributed by atoms with van der Waals surface area (Å²) in [5, 5.41) is 8.81. The molecule has 2 atom stereocenters. The minimum atomic E-state index is 0.0122. The molecule has 1 unspecified atom stereocenters. The maximum Gasteiger partial charge on any atom is 0.0573 e. The average Bonchev–Trinajstić information content (AvgIpc) is 2.42. The quantitative estimate of drug-likeness (QED) is 0.579. The second kappa shape index (κ2) is 2.70. The molecule has 2 heteroatoms. The molecular formula is C6H11ClO. The molecule has 1 N–H and O–H groups in total. The molecule has 1 aliphatic rings. The highest BCUT2D eigenvalue weighted by Gasteiger charge is 2.33. The molecule has 1 nitrogen and oxygen atoms in total. The lowest BCUT2D eigenvalue weighted by atomic mass is 10.2. The number of hydrogen-bond donors (Lipinski definition) is 1. The Labute approximate surface area is 54.7 Å². The van der Waals surface area contributed by atoms with Crippen LogP contribution in [0.1, 0.15) is 19.3 Å². The van der Waals surface area contributed by atoms with Crippen LogP contribution in [-0.2, 0) is 0 Å². The van der Waals surface area contributed by atoms with Gasteiger partial charge in [-0.2, -0.15) is 0 Å². The first-order chi connectivity index (χ1) is 3.84. The van der Waals surface area contributed by atoms with Crippen LogP contribution in [0.15, 0.2) is 0 Å². The van der Waals surface area contributed by atoms with Crippen LogP contribution >= 0.6 is 11.6 Å². The van der Waals surface area contributed by atoms with Gasteiger partial charge in [-0.3, -0.25) is 0 Å². The van der Waals surface area contributed by atoms with E-state index in [1.54, 1.807) is 0 Å². The maximum absolute atomic E-state index is 8.81. The van der Waals surface area contributed by atoms with Crippen LogP contribution in [-0.4, -0.2) is 17.1 Å². The monoisotopic (exact) mass is 134 g/mol. The number of hydrogen-bond acceptors (Lipinski definition) is 1. The van der Waals surface area contributed by atoms with Crippen molar-refractivity contribution in [2.45, 2.75) is 25.4 Å². The molecule has 0 saturated heterocycles. The zero-order chi connectivity index (χ0) is 5.98. The van der Waals surface area contributed by atoms with E-state index in [9.17, 15) is 0 Å². The third-order valence-electron chi connectivity index (χ3n) is 1.59. The second-order valence-corrected chi connectivity index (χ2v) is 2.77. The summed E-state index contributed by atoms with van der Waals surface area (Å²) in [6.07, 6.45) is 3.20. The summed E-state index contributed by atoms with van der Waals surface area (Å²) in [6, 6.07) is 0. The molecule has 8 heavy (non-hydrogen) atoms. The van der Waals surface area contributed by atoms with E-state index in [-0.39, 0.29) is 6.10 Å². The molecule has 0 aromatic carbocycles. The number of aliphatic hydroxyl groups is 1. The van der Waals surface area contributed by atoms with Gasteiger partial charge in [0, 0.05) is 5.88 Å². The van der Waals surface area contributed by atoms with Gasteiger partial charge in [0.15, 0.2) is 0 Å². The molecule has 1 fully saturated rings. The summed E-state index contributed by atoms with van der Waals surface area (Å²) in [6.45, 7) is 0. The zero-order valence-electron chi connectivity index (χ0n) is 4.81. The molecule has 1 rings (SSSR count). The predicted octanol–water partition coefficient (Wildman–Crippen LogP) is 1.39.